The SMILES string of the molecule is Cc1cc(NC(=O)COC(=O)c2ccccc2SCC(=O)Nc2cc(Cl)cc(Cl)c2)no1. The summed E-state index contributed by atoms with van der Waals surface area (Å²) in [7, 11) is 0. The van der Waals surface area contributed by atoms with Crippen LogP contribution in [0.4, 0.5) is 11.5 Å². The van der Waals surface area contributed by atoms with Gasteiger partial charge in [0.15, 0.2) is 12.4 Å². The molecule has 166 valence electrons. The summed E-state index contributed by atoms with van der Waals surface area (Å²) in [6.45, 7) is 1.18. The largest absolute Gasteiger partial charge is 0.452 e. The third-order valence-corrected chi connectivity index (χ3v) is 5.35. The summed E-state index contributed by atoms with van der Waals surface area (Å²) in [6.07, 6.45) is 0. The van der Waals surface area contributed by atoms with E-state index in [2.05, 4.69) is 15.8 Å². The minimum atomic E-state index is -0.693. The van der Waals surface area contributed by atoms with E-state index in [9.17, 15) is 14.4 Å². The van der Waals surface area contributed by atoms with Crippen LogP contribution in [-0.4, -0.2) is 35.3 Å². The van der Waals surface area contributed by atoms with Crippen LogP contribution in [0.5, 0.6) is 0 Å². The Balaban J connectivity index is 1.54. The van der Waals surface area contributed by atoms with Gasteiger partial charge in [0.05, 0.1) is 11.3 Å². The molecule has 0 spiro atoms. The van der Waals surface area contributed by atoms with E-state index in [0.717, 1.165) is 11.8 Å². The molecule has 11 heteroatoms. The Morgan fingerprint density at radius 2 is 1.75 bits per heavy atom. The molecule has 3 aromatic rings. The number of carbonyl (C=O) groups is 3. The van der Waals surface area contributed by atoms with E-state index in [1.807, 2.05) is 0 Å². The van der Waals surface area contributed by atoms with Crippen molar-refractivity contribution >= 4 is 64.3 Å². The number of halogens is 2. The number of nitrogens with one attached hydrogen (secondary N) is 2. The van der Waals surface area contributed by atoms with Crippen molar-refractivity contribution in [2.24, 2.45) is 0 Å². The molecule has 0 fully saturated rings. The zero-order chi connectivity index (χ0) is 23.1. The molecule has 3 rings (SSSR count). The number of rotatable bonds is 8. The summed E-state index contributed by atoms with van der Waals surface area (Å²) in [5.41, 5.74) is 0.704. The fourth-order valence-electron chi connectivity index (χ4n) is 2.54. The van der Waals surface area contributed by atoms with Gasteiger partial charge in [0.2, 0.25) is 5.91 Å². The number of nitrogens with zero attached hydrogens (tertiary/aromatic N) is 1. The molecule has 32 heavy (non-hydrogen) atoms. The highest BCUT2D eigenvalue weighted by atomic mass is 35.5. The monoisotopic (exact) mass is 493 g/mol. The highest BCUT2D eigenvalue weighted by molar-refractivity contribution is 8.00. The van der Waals surface area contributed by atoms with Crippen LogP contribution in [0.3, 0.4) is 0 Å². The molecule has 0 bridgehead atoms. The van der Waals surface area contributed by atoms with Gasteiger partial charge >= 0.3 is 5.97 Å². The number of thioether (sulfide) groups is 1. The summed E-state index contributed by atoms with van der Waals surface area (Å²) in [5, 5.41) is 9.58. The Kier molecular flexibility index (Phi) is 8.15. The van der Waals surface area contributed by atoms with Crippen molar-refractivity contribution in [3.63, 3.8) is 0 Å². The van der Waals surface area contributed by atoms with E-state index in [1.165, 1.54) is 6.07 Å². The topological polar surface area (TPSA) is 111 Å². The van der Waals surface area contributed by atoms with E-state index in [4.69, 9.17) is 32.5 Å². The van der Waals surface area contributed by atoms with E-state index in [-0.39, 0.29) is 23.0 Å². The zero-order valence-corrected chi connectivity index (χ0v) is 19.0. The van der Waals surface area contributed by atoms with Gasteiger partial charge in [-0.05, 0) is 37.3 Å². The molecule has 8 nitrogen and oxygen atoms in total. The van der Waals surface area contributed by atoms with Crippen molar-refractivity contribution in [1.29, 1.82) is 0 Å². The van der Waals surface area contributed by atoms with Gasteiger partial charge in [-0.3, -0.25) is 9.59 Å². The maximum absolute atomic E-state index is 12.5. The van der Waals surface area contributed by atoms with Crippen molar-refractivity contribution < 1.29 is 23.6 Å². The van der Waals surface area contributed by atoms with Crippen LogP contribution in [0.1, 0.15) is 16.1 Å². The minimum absolute atomic E-state index is 0.0282. The first-order chi connectivity index (χ1) is 15.3. The lowest BCUT2D eigenvalue weighted by atomic mass is 10.2. The second-order valence-electron chi connectivity index (χ2n) is 6.44. The van der Waals surface area contributed by atoms with Gasteiger partial charge in [-0.15, -0.1) is 11.8 Å². The van der Waals surface area contributed by atoms with Gasteiger partial charge in [-0.2, -0.15) is 0 Å². The Labute approximate surface area is 197 Å². The van der Waals surface area contributed by atoms with Gasteiger partial charge in [0.25, 0.3) is 5.91 Å². The third-order valence-electron chi connectivity index (χ3n) is 3.84. The van der Waals surface area contributed by atoms with Crippen molar-refractivity contribution in [3.8, 4) is 0 Å². The predicted molar refractivity (Wildman–Crippen MR) is 122 cm³/mol. The molecular weight excluding hydrogens is 477 g/mol. The molecule has 0 unspecified atom stereocenters. The molecule has 0 aliphatic carbocycles. The standard InChI is InChI=1S/C21H17Cl2N3O5S/c1-12-6-18(26-31-12)25-19(27)10-30-21(29)16-4-2-3-5-17(16)32-11-20(28)24-15-8-13(22)7-14(23)9-15/h2-9H,10-11H2,1H3,(H,24,28)(H,25,26,27). The van der Waals surface area contributed by atoms with E-state index in [1.54, 1.807) is 49.4 Å². The van der Waals surface area contributed by atoms with E-state index >= 15 is 0 Å². The average molecular weight is 494 g/mol. The zero-order valence-electron chi connectivity index (χ0n) is 16.7. The lowest BCUT2D eigenvalue weighted by Gasteiger charge is -2.10. The minimum Gasteiger partial charge on any atom is -0.452 e. The molecule has 2 amide bonds. The number of benzene rings is 2. The van der Waals surface area contributed by atoms with Crippen LogP contribution in [0, 0.1) is 6.92 Å². The molecule has 0 aliphatic rings. The smallest absolute Gasteiger partial charge is 0.339 e. The van der Waals surface area contributed by atoms with Crippen molar-refractivity contribution in [2.75, 3.05) is 23.0 Å². The molecule has 2 N–H and O–H groups in total. The maximum atomic E-state index is 12.5. The normalized spacial score (nSPS) is 10.5. The molecule has 0 saturated carbocycles. The molecule has 0 aliphatic heterocycles. The van der Waals surface area contributed by atoms with Crippen LogP contribution in [0.2, 0.25) is 10.0 Å². The van der Waals surface area contributed by atoms with Gasteiger partial charge in [0, 0.05) is 26.7 Å². The maximum Gasteiger partial charge on any atom is 0.339 e. The number of ether oxygens (including phenoxy) is 1. The molecule has 0 atom stereocenters. The summed E-state index contributed by atoms with van der Waals surface area (Å²) in [4.78, 5) is 37.2. The van der Waals surface area contributed by atoms with E-state index < -0.39 is 18.5 Å². The Morgan fingerprint density at radius 1 is 1.03 bits per heavy atom. The lowest BCUT2D eigenvalue weighted by Crippen LogP contribution is -2.21. The van der Waals surface area contributed by atoms with Crippen molar-refractivity contribution in [1.82, 2.24) is 5.16 Å². The molecule has 0 radical (unpaired) electrons. The summed E-state index contributed by atoms with van der Waals surface area (Å²) in [6, 6.07) is 12.9. The van der Waals surface area contributed by atoms with Gasteiger partial charge in [-0.25, -0.2) is 4.79 Å². The molecular formula is C21H17Cl2N3O5S. The Bertz CT molecular complexity index is 1130. The Morgan fingerprint density at radius 3 is 2.44 bits per heavy atom. The Hall–Kier alpha value is -3.01. The second kappa shape index (κ2) is 11.0. The number of hydrogen-bond acceptors (Lipinski definition) is 7. The van der Waals surface area contributed by atoms with Crippen LogP contribution in [-0.2, 0) is 14.3 Å². The number of amides is 2. The van der Waals surface area contributed by atoms with E-state index in [0.29, 0.717) is 26.4 Å². The van der Waals surface area contributed by atoms with Crippen LogP contribution in [0.25, 0.3) is 0 Å². The van der Waals surface area contributed by atoms with Crippen molar-refractivity contribution in [2.45, 2.75) is 11.8 Å². The van der Waals surface area contributed by atoms with Gasteiger partial charge in [-0.1, -0.05) is 40.5 Å². The first-order valence-corrected chi connectivity index (χ1v) is 10.9. The van der Waals surface area contributed by atoms with Crippen molar-refractivity contribution in [3.05, 3.63) is 69.9 Å². The fourth-order valence-corrected chi connectivity index (χ4v) is 3.91. The quantitative estimate of drug-likeness (QED) is 0.341. The lowest BCUT2D eigenvalue weighted by molar-refractivity contribution is -0.119. The first kappa shape index (κ1) is 23.6. The summed E-state index contributed by atoms with van der Waals surface area (Å²) < 4.78 is 9.94. The molecule has 1 heterocycles. The number of carbonyl (C=O) groups excluding carboxylic acids is 3. The third kappa shape index (κ3) is 7.01. The van der Waals surface area contributed by atoms with Crippen LogP contribution in [0.15, 0.2) is 57.9 Å². The predicted octanol–water partition coefficient (Wildman–Crippen LogP) is 4.82. The fraction of sp³-hybridized carbons (Fsp3) is 0.143. The van der Waals surface area contributed by atoms with Crippen LogP contribution < -0.4 is 10.6 Å². The number of esters is 1. The highest BCUT2D eigenvalue weighted by Gasteiger charge is 2.16. The number of aryl methyl sites for hydroxylation is 1. The number of hydrogen-bond donors (Lipinski definition) is 2. The summed E-state index contributed by atoms with van der Waals surface area (Å²) in [5.74, 6) is -0.769. The number of anilines is 2. The second-order valence-corrected chi connectivity index (χ2v) is 8.33. The van der Waals surface area contributed by atoms with Crippen LogP contribution >= 0.6 is 35.0 Å². The summed E-state index contributed by atoms with van der Waals surface area (Å²) >= 11 is 13.0. The molecule has 2 aromatic carbocycles. The number of aromatic nitrogens is 1. The average Bonchev–Trinajstić information content (AvgIpc) is 3.14. The molecule has 0 saturated heterocycles. The van der Waals surface area contributed by atoms with Gasteiger partial charge < -0.3 is 19.9 Å². The van der Waals surface area contributed by atoms with Gasteiger partial charge in [0.1, 0.15) is 5.76 Å². The first-order valence-electron chi connectivity index (χ1n) is 9.18. The molecule has 1 aromatic heterocycles. The highest BCUT2D eigenvalue weighted by Crippen LogP contribution is 2.25.